The maximum atomic E-state index is 13.1. The lowest BCUT2D eigenvalue weighted by atomic mass is 10.1. The highest BCUT2D eigenvalue weighted by Gasteiger charge is 2.30. The Kier molecular flexibility index (Phi) is 5.33. The molecule has 0 radical (unpaired) electrons. The van der Waals surface area contributed by atoms with Crippen LogP contribution in [0.3, 0.4) is 0 Å². The Morgan fingerprint density at radius 2 is 1.68 bits per heavy atom. The molecule has 31 heavy (non-hydrogen) atoms. The molecule has 162 valence electrons. The van der Waals surface area contributed by atoms with Gasteiger partial charge in [0.25, 0.3) is 0 Å². The van der Waals surface area contributed by atoms with Gasteiger partial charge in [-0.2, -0.15) is 4.31 Å². The summed E-state index contributed by atoms with van der Waals surface area (Å²) < 4.78 is 46.5. The van der Waals surface area contributed by atoms with Crippen LogP contribution in [-0.2, 0) is 29.4 Å². The Hall–Kier alpha value is -2.62. The SMILES string of the molecule is O=S(=O)(c1ccc2c(c1)CCC2)N1CCN(Cc2nnc(-c3ccc(F)cc3)o2)CC1. The molecule has 0 atom stereocenters. The summed E-state index contributed by atoms with van der Waals surface area (Å²) in [6, 6.07) is 11.4. The number of rotatable bonds is 5. The molecule has 0 unspecified atom stereocenters. The lowest BCUT2D eigenvalue weighted by Gasteiger charge is -2.33. The number of halogens is 1. The summed E-state index contributed by atoms with van der Waals surface area (Å²) in [6.07, 6.45) is 3.08. The summed E-state index contributed by atoms with van der Waals surface area (Å²) in [5.41, 5.74) is 3.09. The molecule has 1 aliphatic carbocycles. The maximum Gasteiger partial charge on any atom is 0.247 e. The molecule has 7 nitrogen and oxygen atoms in total. The Bertz CT molecular complexity index is 1190. The molecule has 2 aliphatic rings. The lowest BCUT2D eigenvalue weighted by molar-refractivity contribution is 0.168. The summed E-state index contributed by atoms with van der Waals surface area (Å²) >= 11 is 0. The van der Waals surface area contributed by atoms with Crippen molar-refractivity contribution < 1.29 is 17.2 Å². The van der Waals surface area contributed by atoms with Gasteiger partial charge < -0.3 is 4.42 Å². The van der Waals surface area contributed by atoms with Crippen LogP contribution in [0.2, 0.25) is 0 Å². The highest BCUT2D eigenvalue weighted by Crippen LogP contribution is 2.27. The molecular weight excluding hydrogens is 419 g/mol. The van der Waals surface area contributed by atoms with Crippen molar-refractivity contribution in [3.05, 3.63) is 65.3 Å². The van der Waals surface area contributed by atoms with E-state index in [2.05, 4.69) is 15.1 Å². The predicted molar refractivity (Wildman–Crippen MR) is 112 cm³/mol. The number of aryl methyl sites for hydroxylation is 2. The summed E-state index contributed by atoms with van der Waals surface area (Å²) in [5.74, 6) is 0.471. The van der Waals surface area contributed by atoms with Gasteiger partial charge in [0.05, 0.1) is 11.4 Å². The molecule has 0 bridgehead atoms. The van der Waals surface area contributed by atoms with Crippen LogP contribution < -0.4 is 0 Å². The number of sulfonamides is 1. The number of aromatic nitrogens is 2. The molecule has 2 heterocycles. The molecule has 1 aliphatic heterocycles. The second-order valence-corrected chi connectivity index (χ2v) is 9.91. The van der Waals surface area contributed by atoms with Gasteiger partial charge in [0.2, 0.25) is 21.8 Å². The van der Waals surface area contributed by atoms with Gasteiger partial charge in [0.15, 0.2) is 0 Å². The largest absolute Gasteiger partial charge is 0.419 e. The number of hydrogen-bond donors (Lipinski definition) is 0. The van der Waals surface area contributed by atoms with E-state index in [9.17, 15) is 12.8 Å². The van der Waals surface area contributed by atoms with Gasteiger partial charge in [0.1, 0.15) is 5.82 Å². The molecule has 1 aromatic heterocycles. The zero-order chi connectivity index (χ0) is 21.4. The Morgan fingerprint density at radius 3 is 2.45 bits per heavy atom. The van der Waals surface area contributed by atoms with E-state index in [1.807, 2.05) is 12.1 Å². The molecule has 0 spiro atoms. The highest BCUT2D eigenvalue weighted by molar-refractivity contribution is 7.89. The minimum absolute atomic E-state index is 0.323. The number of benzene rings is 2. The molecule has 0 N–H and O–H groups in total. The number of nitrogens with zero attached hydrogens (tertiary/aromatic N) is 4. The van der Waals surface area contributed by atoms with E-state index in [4.69, 9.17) is 4.42 Å². The van der Waals surface area contributed by atoms with Gasteiger partial charge in [-0.3, -0.25) is 4.90 Å². The minimum Gasteiger partial charge on any atom is -0.419 e. The van der Waals surface area contributed by atoms with E-state index in [0.29, 0.717) is 55.0 Å². The smallest absolute Gasteiger partial charge is 0.247 e. The zero-order valence-corrected chi connectivity index (χ0v) is 17.8. The fraction of sp³-hybridized carbons (Fsp3) is 0.364. The van der Waals surface area contributed by atoms with Crippen LogP contribution in [0.1, 0.15) is 23.4 Å². The second kappa shape index (κ2) is 8.14. The Balaban J connectivity index is 1.21. The molecule has 2 aromatic carbocycles. The number of hydrogen-bond acceptors (Lipinski definition) is 6. The third kappa shape index (κ3) is 4.13. The lowest BCUT2D eigenvalue weighted by Crippen LogP contribution is -2.48. The van der Waals surface area contributed by atoms with Crippen LogP contribution in [0.15, 0.2) is 51.8 Å². The van der Waals surface area contributed by atoms with Gasteiger partial charge >= 0.3 is 0 Å². The van der Waals surface area contributed by atoms with E-state index in [1.165, 1.54) is 17.7 Å². The van der Waals surface area contributed by atoms with Crippen LogP contribution in [0.25, 0.3) is 11.5 Å². The van der Waals surface area contributed by atoms with Crippen molar-refractivity contribution in [2.75, 3.05) is 26.2 Å². The van der Waals surface area contributed by atoms with Gasteiger partial charge in [-0.25, -0.2) is 12.8 Å². The Labute approximate surface area is 180 Å². The fourth-order valence-corrected chi connectivity index (χ4v) is 5.68. The molecule has 0 saturated carbocycles. The minimum atomic E-state index is -3.49. The van der Waals surface area contributed by atoms with Crippen molar-refractivity contribution in [3.8, 4) is 11.5 Å². The quantitative estimate of drug-likeness (QED) is 0.605. The first-order chi connectivity index (χ1) is 15.0. The topological polar surface area (TPSA) is 79.5 Å². The Morgan fingerprint density at radius 1 is 0.935 bits per heavy atom. The molecule has 3 aromatic rings. The van der Waals surface area contributed by atoms with Crippen molar-refractivity contribution >= 4 is 10.0 Å². The van der Waals surface area contributed by atoms with Crippen molar-refractivity contribution in [1.29, 1.82) is 0 Å². The molecule has 5 rings (SSSR count). The summed E-state index contributed by atoms with van der Waals surface area (Å²) in [5, 5.41) is 8.11. The van der Waals surface area contributed by atoms with Gasteiger partial charge in [-0.1, -0.05) is 6.07 Å². The van der Waals surface area contributed by atoms with Crippen molar-refractivity contribution in [1.82, 2.24) is 19.4 Å². The van der Waals surface area contributed by atoms with E-state index >= 15 is 0 Å². The molecule has 0 amide bonds. The summed E-state index contributed by atoms with van der Waals surface area (Å²) in [7, 11) is -3.49. The van der Waals surface area contributed by atoms with Crippen molar-refractivity contribution in [2.24, 2.45) is 0 Å². The van der Waals surface area contributed by atoms with Crippen LogP contribution in [0.4, 0.5) is 4.39 Å². The highest BCUT2D eigenvalue weighted by atomic mass is 32.2. The van der Waals surface area contributed by atoms with Crippen LogP contribution in [0, 0.1) is 5.82 Å². The van der Waals surface area contributed by atoms with E-state index in [-0.39, 0.29) is 5.82 Å². The molecule has 9 heteroatoms. The van der Waals surface area contributed by atoms with Crippen LogP contribution in [-0.4, -0.2) is 54.0 Å². The zero-order valence-electron chi connectivity index (χ0n) is 17.0. The van der Waals surface area contributed by atoms with E-state index < -0.39 is 10.0 Å². The first kappa shape index (κ1) is 20.3. The second-order valence-electron chi connectivity index (χ2n) is 7.97. The van der Waals surface area contributed by atoms with E-state index in [0.717, 1.165) is 24.8 Å². The maximum absolute atomic E-state index is 13.1. The summed E-state index contributed by atoms with van der Waals surface area (Å²) in [4.78, 5) is 2.49. The summed E-state index contributed by atoms with van der Waals surface area (Å²) in [6.45, 7) is 2.44. The van der Waals surface area contributed by atoms with E-state index in [1.54, 1.807) is 22.5 Å². The van der Waals surface area contributed by atoms with Crippen LogP contribution in [0.5, 0.6) is 0 Å². The monoisotopic (exact) mass is 442 g/mol. The number of fused-ring (bicyclic) bond motifs is 1. The average Bonchev–Trinajstić information content (AvgIpc) is 3.43. The average molecular weight is 443 g/mol. The molecule has 1 fully saturated rings. The first-order valence-corrected chi connectivity index (χ1v) is 11.9. The van der Waals surface area contributed by atoms with Crippen molar-refractivity contribution in [2.45, 2.75) is 30.7 Å². The predicted octanol–water partition coefficient (Wildman–Crippen LogP) is 2.87. The van der Waals surface area contributed by atoms with Crippen molar-refractivity contribution in [3.63, 3.8) is 0 Å². The molecule has 1 saturated heterocycles. The van der Waals surface area contributed by atoms with Gasteiger partial charge in [-0.15, -0.1) is 10.2 Å². The fourth-order valence-electron chi connectivity index (χ4n) is 4.20. The third-order valence-electron chi connectivity index (χ3n) is 5.96. The normalized spacial score (nSPS) is 17.7. The molecular formula is C22H23FN4O3S. The van der Waals surface area contributed by atoms with Gasteiger partial charge in [-0.05, 0) is 66.8 Å². The van der Waals surface area contributed by atoms with Crippen LogP contribution >= 0.6 is 0 Å². The first-order valence-electron chi connectivity index (χ1n) is 10.4. The third-order valence-corrected chi connectivity index (χ3v) is 7.85. The number of piperazine rings is 1. The standard InChI is InChI=1S/C22H23FN4O3S/c23-19-7-4-17(5-8-19)22-25-24-21(30-22)15-26-10-12-27(13-11-26)31(28,29)20-9-6-16-2-1-3-18(16)14-20/h4-9,14H,1-3,10-13,15H2. The van der Waals surface area contributed by atoms with Gasteiger partial charge in [0, 0.05) is 31.7 Å².